The molecule has 3 rings (SSSR count). The highest BCUT2D eigenvalue weighted by atomic mass is 79.9. The molecule has 0 spiro atoms. The first kappa shape index (κ1) is 12.7. The van der Waals surface area contributed by atoms with E-state index in [2.05, 4.69) is 21.0 Å². The van der Waals surface area contributed by atoms with Crippen molar-refractivity contribution < 1.29 is 4.79 Å². The molecule has 2 aromatic carbocycles. The summed E-state index contributed by atoms with van der Waals surface area (Å²) in [5.74, 6) is -0.275. The standard InChI is InChI=1S/C15H9BrN2O2/c16-14-13(19)11-8-4-5-9-12(11)18(17-14)15(20)10-6-2-1-3-7-10/h1-9H. The molecule has 0 radical (unpaired) electrons. The van der Waals surface area contributed by atoms with Gasteiger partial charge in [0.05, 0.1) is 10.9 Å². The number of carbonyl (C=O) groups excluding carboxylic acids is 1. The van der Waals surface area contributed by atoms with Gasteiger partial charge in [-0.25, -0.2) is 0 Å². The molecule has 1 aromatic heterocycles. The molecule has 98 valence electrons. The molecule has 0 amide bonds. The van der Waals surface area contributed by atoms with Crippen LogP contribution in [0.15, 0.2) is 64.0 Å². The van der Waals surface area contributed by atoms with E-state index in [-0.39, 0.29) is 15.9 Å². The van der Waals surface area contributed by atoms with Crippen molar-refractivity contribution in [2.24, 2.45) is 0 Å². The fraction of sp³-hybridized carbons (Fsp3) is 0. The molecule has 0 unspecified atom stereocenters. The van der Waals surface area contributed by atoms with Crippen LogP contribution in [0.25, 0.3) is 10.9 Å². The van der Waals surface area contributed by atoms with E-state index >= 15 is 0 Å². The van der Waals surface area contributed by atoms with Crippen LogP contribution in [-0.2, 0) is 0 Å². The molecule has 0 N–H and O–H groups in total. The van der Waals surface area contributed by atoms with E-state index in [1.54, 1.807) is 48.5 Å². The van der Waals surface area contributed by atoms with Crippen molar-refractivity contribution in [3.05, 3.63) is 75.0 Å². The highest BCUT2D eigenvalue weighted by Gasteiger charge is 2.14. The summed E-state index contributed by atoms with van der Waals surface area (Å²) in [5, 5.41) is 4.51. The van der Waals surface area contributed by atoms with Gasteiger partial charge in [0.15, 0.2) is 4.60 Å². The van der Waals surface area contributed by atoms with Gasteiger partial charge in [0.2, 0.25) is 5.43 Å². The second-order valence-corrected chi connectivity index (χ2v) is 4.97. The second-order valence-electron chi connectivity index (χ2n) is 4.22. The van der Waals surface area contributed by atoms with Gasteiger partial charge in [-0.3, -0.25) is 9.59 Å². The van der Waals surface area contributed by atoms with Crippen molar-refractivity contribution in [1.29, 1.82) is 0 Å². The average Bonchev–Trinajstić information content (AvgIpc) is 2.51. The molecule has 3 aromatic rings. The van der Waals surface area contributed by atoms with Crippen molar-refractivity contribution in [1.82, 2.24) is 9.78 Å². The molecule has 0 aliphatic carbocycles. The number of nitrogens with zero attached hydrogens (tertiary/aromatic N) is 2. The Labute approximate surface area is 122 Å². The zero-order valence-electron chi connectivity index (χ0n) is 10.3. The van der Waals surface area contributed by atoms with Crippen LogP contribution >= 0.6 is 15.9 Å². The predicted octanol–water partition coefficient (Wildman–Crippen LogP) is 2.85. The molecule has 0 atom stereocenters. The van der Waals surface area contributed by atoms with E-state index in [9.17, 15) is 9.59 Å². The number of para-hydroxylation sites is 1. The van der Waals surface area contributed by atoms with Gasteiger partial charge in [-0.2, -0.15) is 9.78 Å². The molecular formula is C15H9BrN2O2. The van der Waals surface area contributed by atoms with Crippen LogP contribution in [0.2, 0.25) is 0 Å². The Kier molecular flexibility index (Phi) is 3.20. The normalized spacial score (nSPS) is 10.7. The summed E-state index contributed by atoms with van der Waals surface area (Å²) >= 11 is 3.11. The van der Waals surface area contributed by atoms with Gasteiger partial charge in [0, 0.05) is 5.56 Å². The molecule has 0 saturated carbocycles. The monoisotopic (exact) mass is 328 g/mol. The van der Waals surface area contributed by atoms with Gasteiger partial charge in [-0.15, -0.1) is 0 Å². The van der Waals surface area contributed by atoms with Gasteiger partial charge in [-0.1, -0.05) is 30.3 Å². The number of hydrogen-bond donors (Lipinski definition) is 0. The first-order valence-corrected chi connectivity index (χ1v) is 6.75. The number of hydrogen-bond acceptors (Lipinski definition) is 3. The quantitative estimate of drug-likeness (QED) is 0.690. The largest absolute Gasteiger partial charge is 0.286 e. The first-order chi connectivity index (χ1) is 9.68. The highest BCUT2D eigenvalue weighted by molar-refractivity contribution is 9.10. The minimum Gasteiger partial charge on any atom is -0.286 e. The molecule has 0 aliphatic heterocycles. The zero-order valence-corrected chi connectivity index (χ0v) is 11.9. The third kappa shape index (κ3) is 2.06. The molecule has 0 saturated heterocycles. The van der Waals surface area contributed by atoms with E-state index in [4.69, 9.17) is 0 Å². The molecule has 0 aliphatic rings. The minimum absolute atomic E-state index is 0.125. The van der Waals surface area contributed by atoms with E-state index in [1.165, 1.54) is 4.68 Å². The number of halogens is 1. The van der Waals surface area contributed by atoms with E-state index in [0.29, 0.717) is 16.5 Å². The maximum Gasteiger partial charge on any atom is 0.278 e. The molecular weight excluding hydrogens is 320 g/mol. The highest BCUT2D eigenvalue weighted by Crippen LogP contribution is 2.13. The average molecular weight is 329 g/mol. The second kappa shape index (κ2) is 5.02. The van der Waals surface area contributed by atoms with Crippen molar-refractivity contribution in [3.8, 4) is 0 Å². The smallest absolute Gasteiger partial charge is 0.278 e. The maximum absolute atomic E-state index is 12.5. The summed E-state index contributed by atoms with van der Waals surface area (Å²) in [5.41, 5.74) is 0.785. The Morgan fingerprint density at radius 2 is 1.65 bits per heavy atom. The van der Waals surface area contributed by atoms with E-state index < -0.39 is 0 Å². The van der Waals surface area contributed by atoms with Crippen LogP contribution in [0.1, 0.15) is 10.4 Å². The lowest BCUT2D eigenvalue weighted by molar-refractivity contribution is 0.0948. The number of benzene rings is 2. The van der Waals surface area contributed by atoms with Crippen LogP contribution in [0, 0.1) is 0 Å². The van der Waals surface area contributed by atoms with Gasteiger partial charge in [-0.05, 0) is 40.2 Å². The number of aromatic nitrogens is 2. The Morgan fingerprint density at radius 1 is 1.00 bits per heavy atom. The molecule has 0 fully saturated rings. The maximum atomic E-state index is 12.5. The third-order valence-corrected chi connectivity index (χ3v) is 3.48. The molecule has 4 nitrogen and oxygen atoms in total. The summed E-state index contributed by atoms with van der Waals surface area (Å²) in [6.45, 7) is 0. The lowest BCUT2D eigenvalue weighted by Crippen LogP contribution is -2.21. The number of rotatable bonds is 1. The molecule has 0 bridgehead atoms. The Bertz CT molecular complexity index is 857. The Morgan fingerprint density at radius 3 is 2.40 bits per heavy atom. The summed E-state index contributed by atoms with van der Waals surface area (Å²) < 4.78 is 1.37. The Hall–Kier alpha value is -2.27. The lowest BCUT2D eigenvalue weighted by atomic mass is 10.2. The van der Waals surface area contributed by atoms with Crippen LogP contribution in [0.3, 0.4) is 0 Å². The van der Waals surface area contributed by atoms with Gasteiger partial charge < -0.3 is 0 Å². The number of carbonyl (C=O) groups is 1. The summed E-state index contributed by atoms with van der Waals surface area (Å²) in [6.07, 6.45) is 0. The summed E-state index contributed by atoms with van der Waals surface area (Å²) in [6, 6.07) is 15.7. The molecule has 1 heterocycles. The zero-order chi connectivity index (χ0) is 14.1. The molecule has 20 heavy (non-hydrogen) atoms. The fourth-order valence-electron chi connectivity index (χ4n) is 2.01. The van der Waals surface area contributed by atoms with Crippen molar-refractivity contribution in [2.75, 3.05) is 0 Å². The van der Waals surface area contributed by atoms with Crippen LogP contribution in [0.5, 0.6) is 0 Å². The van der Waals surface area contributed by atoms with Gasteiger partial charge >= 0.3 is 0 Å². The number of fused-ring (bicyclic) bond motifs is 1. The van der Waals surface area contributed by atoms with Crippen LogP contribution < -0.4 is 5.43 Å². The lowest BCUT2D eigenvalue weighted by Gasteiger charge is -2.08. The Balaban J connectivity index is 2.30. The SMILES string of the molecule is O=C(c1ccccc1)n1nc(Br)c(=O)c2ccccc21. The van der Waals surface area contributed by atoms with Crippen molar-refractivity contribution in [3.63, 3.8) is 0 Å². The topological polar surface area (TPSA) is 52.0 Å². The predicted molar refractivity (Wildman–Crippen MR) is 79.9 cm³/mol. The van der Waals surface area contributed by atoms with Crippen molar-refractivity contribution in [2.45, 2.75) is 0 Å². The van der Waals surface area contributed by atoms with E-state index in [0.717, 1.165) is 0 Å². The van der Waals surface area contributed by atoms with Gasteiger partial charge in [0.1, 0.15) is 0 Å². The fourth-order valence-corrected chi connectivity index (χ4v) is 2.38. The minimum atomic E-state index is -0.275. The third-order valence-electron chi connectivity index (χ3n) is 2.97. The van der Waals surface area contributed by atoms with Crippen LogP contribution in [0.4, 0.5) is 0 Å². The van der Waals surface area contributed by atoms with E-state index in [1.807, 2.05) is 6.07 Å². The summed E-state index contributed by atoms with van der Waals surface area (Å²) in [4.78, 5) is 24.5. The first-order valence-electron chi connectivity index (χ1n) is 5.96. The summed E-state index contributed by atoms with van der Waals surface area (Å²) in [7, 11) is 0. The van der Waals surface area contributed by atoms with Gasteiger partial charge in [0.25, 0.3) is 5.91 Å². The van der Waals surface area contributed by atoms with Crippen molar-refractivity contribution >= 4 is 32.7 Å². The van der Waals surface area contributed by atoms with Crippen LogP contribution in [-0.4, -0.2) is 15.7 Å². The molecule has 5 heteroatoms.